The lowest BCUT2D eigenvalue weighted by molar-refractivity contribution is 1.22. The van der Waals surface area contributed by atoms with Crippen LogP contribution in [0.3, 0.4) is 0 Å². The summed E-state index contributed by atoms with van der Waals surface area (Å²) in [5.74, 6) is 0. The Hall–Kier alpha value is -3.20. The smallest absolute Gasteiger partial charge is 0.145 e. The molecule has 0 aliphatic heterocycles. The number of nitrogens with zero attached hydrogens (tertiary/aromatic N) is 3. The summed E-state index contributed by atoms with van der Waals surface area (Å²) in [6.07, 6.45) is 1.84. The van der Waals surface area contributed by atoms with Crippen molar-refractivity contribution in [2.24, 2.45) is 0 Å². The van der Waals surface area contributed by atoms with E-state index in [-0.39, 0.29) is 0 Å². The first-order valence-electron chi connectivity index (χ1n) is 7.62. The maximum Gasteiger partial charge on any atom is 0.145 e. The molecule has 0 spiro atoms. The fourth-order valence-electron chi connectivity index (χ4n) is 3.19. The Kier molecular flexibility index (Phi) is 2.50. The molecule has 0 saturated heterocycles. The molecule has 0 atom stereocenters. The molecule has 0 N–H and O–H groups in total. The summed E-state index contributed by atoms with van der Waals surface area (Å²) in [4.78, 5) is 9.51. The van der Waals surface area contributed by atoms with Crippen LogP contribution in [0, 0.1) is 0 Å². The second-order valence-electron chi connectivity index (χ2n) is 5.60. The van der Waals surface area contributed by atoms with Gasteiger partial charge in [0.15, 0.2) is 0 Å². The third kappa shape index (κ3) is 1.77. The van der Waals surface area contributed by atoms with E-state index in [1.165, 1.54) is 0 Å². The van der Waals surface area contributed by atoms with Gasteiger partial charge in [-0.15, -0.1) is 0 Å². The molecular weight excluding hydrogens is 282 g/mol. The number of benzene rings is 2. The molecule has 5 rings (SSSR count). The molecule has 0 radical (unpaired) electrons. The van der Waals surface area contributed by atoms with E-state index in [4.69, 9.17) is 4.98 Å². The van der Waals surface area contributed by atoms with Crippen LogP contribution in [0.15, 0.2) is 79.0 Å². The lowest BCUT2D eigenvalue weighted by atomic mass is 10.1. The van der Waals surface area contributed by atoms with Gasteiger partial charge >= 0.3 is 0 Å². The third-order valence-electron chi connectivity index (χ3n) is 4.21. The molecule has 3 aromatic heterocycles. The van der Waals surface area contributed by atoms with Crippen molar-refractivity contribution in [1.29, 1.82) is 0 Å². The molecule has 5 aromatic rings. The quantitative estimate of drug-likeness (QED) is 0.448. The average molecular weight is 295 g/mol. The Morgan fingerprint density at radius 2 is 1.57 bits per heavy atom. The van der Waals surface area contributed by atoms with E-state index in [9.17, 15) is 0 Å². The number of hydrogen-bond acceptors (Lipinski definition) is 2. The Balaban J connectivity index is 2.05. The van der Waals surface area contributed by atoms with Crippen LogP contribution in [-0.4, -0.2) is 14.4 Å². The lowest BCUT2D eigenvalue weighted by Gasteiger charge is -2.09. The first-order chi connectivity index (χ1) is 11.4. The molecule has 108 valence electrons. The summed E-state index contributed by atoms with van der Waals surface area (Å²) in [6.45, 7) is 0. The zero-order chi connectivity index (χ0) is 15.2. The molecule has 23 heavy (non-hydrogen) atoms. The molecule has 3 nitrogen and oxygen atoms in total. The fraction of sp³-hybridized carbons (Fsp3) is 0. The molecular formula is C20H13N3. The minimum Gasteiger partial charge on any atom is -0.290 e. The molecule has 2 aromatic carbocycles. The van der Waals surface area contributed by atoms with Gasteiger partial charge in [0.05, 0.1) is 22.2 Å². The number of aromatic nitrogens is 3. The van der Waals surface area contributed by atoms with E-state index in [1.54, 1.807) is 0 Å². The molecule has 3 heterocycles. The Morgan fingerprint density at radius 1 is 0.739 bits per heavy atom. The second kappa shape index (κ2) is 4.65. The van der Waals surface area contributed by atoms with Crippen molar-refractivity contribution in [1.82, 2.24) is 14.4 Å². The highest BCUT2D eigenvalue weighted by Crippen LogP contribution is 2.30. The van der Waals surface area contributed by atoms with Crippen LogP contribution in [0.4, 0.5) is 0 Å². The molecule has 0 saturated carbocycles. The van der Waals surface area contributed by atoms with Gasteiger partial charge in [-0.2, -0.15) is 0 Å². The van der Waals surface area contributed by atoms with Crippen LogP contribution < -0.4 is 0 Å². The van der Waals surface area contributed by atoms with E-state index >= 15 is 0 Å². The van der Waals surface area contributed by atoms with Gasteiger partial charge in [-0.3, -0.25) is 4.40 Å². The van der Waals surface area contributed by atoms with Crippen molar-refractivity contribution in [3.05, 3.63) is 79.0 Å². The largest absolute Gasteiger partial charge is 0.290 e. The Bertz CT molecular complexity index is 1160. The van der Waals surface area contributed by atoms with Crippen LogP contribution in [0.2, 0.25) is 0 Å². The number of hydrogen-bond donors (Lipinski definition) is 0. The van der Waals surface area contributed by atoms with Crippen molar-refractivity contribution in [2.45, 2.75) is 0 Å². The van der Waals surface area contributed by atoms with Crippen LogP contribution in [0.1, 0.15) is 0 Å². The summed E-state index contributed by atoms with van der Waals surface area (Å²) in [5.41, 5.74) is 6.22. The van der Waals surface area contributed by atoms with Crippen LogP contribution in [0.5, 0.6) is 0 Å². The standard InChI is InChI=1S/C20H13N3/c1-2-7-14(8-3-1)19-18-13-15-9-6-12-21-20(15)23(18)17-11-5-4-10-16(17)22-19/h1-13H. The maximum atomic E-state index is 4.92. The van der Waals surface area contributed by atoms with Gasteiger partial charge in [0, 0.05) is 17.1 Å². The summed E-state index contributed by atoms with van der Waals surface area (Å²) < 4.78 is 2.21. The lowest BCUT2D eigenvalue weighted by Crippen LogP contribution is -1.95. The van der Waals surface area contributed by atoms with E-state index in [2.05, 4.69) is 45.8 Å². The third-order valence-corrected chi connectivity index (χ3v) is 4.21. The van der Waals surface area contributed by atoms with Gasteiger partial charge in [0.1, 0.15) is 5.65 Å². The van der Waals surface area contributed by atoms with Gasteiger partial charge in [0.2, 0.25) is 0 Å². The van der Waals surface area contributed by atoms with Crippen LogP contribution in [-0.2, 0) is 0 Å². The number of rotatable bonds is 1. The summed E-state index contributed by atoms with van der Waals surface area (Å²) in [6, 6.07) is 24.8. The van der Waals surface area contributed by atoms with Crippen LogP contribution >= 0.6 is 0 Å². The summed E-state index contributed by atoms with van der Waals surface area (Å²) in [7, 11) is 0. The number of fused-ring (bicyclic) bond motifs is 5. The topological polar surface area (TPSA) is 30.2 Å². The SMILES string of the molecule is c1ccc(-c2nc3ccccc3n3c2cc2cccnc23)cc1. The van der Waals surface area contributed by atoms with Crippen molar-refractivity contribution in [2.75, 3.05) is 0 Å². The molecule has 0 unspecified atom stereocenters. The summed E-state index contributed by atoms with van der Waals surface area (Å²) >= 11 is 0. The zero-order valence-corrected chi connectivity index (χ0v) is 12.3. The van der Waals surface area contributed by atoms with E-state index in [0.29, 0.717) is 0 Å². The highest BCUT2D eigenvalue weighted by atomic mass is 15.0. The first-order valence-corrected chi connectivity index (χ1v) is 7.62. The Morgan fingerprint density at radius 3 is 2.48 bits per heavy atom. The number of pyridine rings is 1. The van der Waals surface area contributed by atoms with Crippen molar-refractivity contribution in [3.8, 4) is 11.3 Å². The molecule has 0 bridgehead atoms. The van der Waals surface area contributed by atoms with Gasteiger partial charge < -0.3 is 0 Å². The molecule has 0 aliphatic rings. The Labute approximate surface area is 132 Å². The second-order valence-corrected chi connectivity index (χ2v) is 5.60. The first kappa shape index (κ1) is 12.4. The fourth-order valence-corrected chi connectivity index (χ4v) is 3.19. The van der Waals surface area contributed by atoms with Crippen molar-refractivity contribution in [3.63, 3.8) is 0 Å². The molecule has 3 heteroatoms. The van der Waals surface area contributed by atoms with Crippen molar-refractivity contribution < 1.29 is 0 Å². The van der Waals surface area contributed by atoms with Gasteiger partial charge in [-0.1, -0.05) is 42.5 Å². The highest BCUT2D eigenvalue weighted by molar-refractivity contribution is 5.97. The van der Waals surface area contributed by atoms with Gasteiger partial charge in [0.25, 0.3) is 0 Å². The van der Waals surface area contributed by atoms with Crippen LogP contribution in [0.25, 0.3) is 38.8 Å². The minimum atomic E-state index is 0.971. The van der Waals surface area contributed by atoms with E-state index in [1.807, 2.05) is 42.6 Å². The predicted octanol–water partition coefficient (Wildman–Crippen LogP) is 4.70. The van der Waals surface area contributed by atoms with Crippen molar-refractivity contribution >= 4 is 27.6 Å². The maximum absolute atomic E-state index is 4.92. The monoisotopic (exact) mass is 295 g/mol. The van der Waals surface area contributed by atoms with E-state index in [0.717, 1.165) is 38.8 Å². The van der Waals surface area contributed by atoms with Gasteiger partial charge in [-0.05, 0) is 30.3 Å². The minimum absolute atomic E-state index is 0.971. The van der Waals surface area contributed by atoms with E-state index < -0.39 is 0 Å². The average Bonchev–Trinajstić information content (AvgIpc) is 3.01. The molecule has 0 fully saturated rings. The number of para-hydroxylation sites is 2. The highest BCUT2D eigenvalue weighted by Gasteiger charge is 2.13. The molecule has 0 amide bonds. The zero-order valence-electron chi connectivity index (χ0n) is 12.3. The van der Waals surface area contributed by atoms with Gasteiger partial charge in [-0.25, -0.2) is 9.97 Å². The summed E-state index contributed by atoms with van der Waals surface area (Å²) in [5, 5.41) is 1.13. The predicted molar refractivity (Wildman–Crippen MR) is 93.4 cm³/mol. The molecule has 0 aliphatic carbocycles. The normalized spacial score (nSPS) is 11.5.